The Hall–Kier alpha value is -0.780. The van der Waals surface area contributed by atoms with E-state index < -0.39 is 0 Å². The van der Waals surface area contributed by atoms with Crippen molar-refractivity contribution in [1.29, 1.82) is 0 Å². The highest BCUT2D eigenvalue weighted by atomic mass is 13.6. The van der Waals surface area contributed by atoms with Crippen LogP contribution >= 0.6 is 0 Å². The molecule has 0 bridgehead atoms. The Labute approximate surface area is 44.5 Å². The first-order valence-corrected chi connectivity index (χ1v) is 1.50. The fraction of sp³-hybridized carbons (Fsp3) is 0. The van der Waals surface area contributed by atoms with Gasteiger partial charge in [0.15, 0.2) is 0 Å². The summed E-state index contributed by atoms with van der Waals surface area (Å²) in [6.07, 6.45) is 0. The van der Waals surface area contributed by atoms with Gasteiger partial charge in [0.05, 0.1) is 6.85 Å². The van der Waals surface area contributed by atoms with Crippen molar-refractivity contribution in [3.05, 3.63) is 36.3 Å². The summed E-state index contributed by atoms with van der Waals surface area (Å²) >= 11 is 0. The second kappa shape index (κ2) is 1.61. The molecule has 0 aliphatic carbocycles. The van der Waals surface area contributed by atoms with Gasteiger partial charge in [-0.05, 0) is 6.07 Å². The van der Waals surface area contributed by atoms with Gasteiger partial charge in [0, 0.05) is 0 Å². The molecule has 0 heteroatoms. The number of rotatable bonds is 0. The third kappa shape index (κ3) is 0.582. The average molecular weight is 82.1 g/mol. The Morgan fingerprint density at radius 1 is 1.17 bits per heavy atom. The number of hydrogen-bond donors (Lipinski definition) is 0. The minimum Gasteiger partial charge on any atom is -0.0622 e. The fourth-order valence-corrected chi connectivity index (χ4v) is 0.188. The van der Waals surface area contributed by atoms with Gasteiger partial charge in [-0.15, -0.1) is 0 Å². The van der Waals surface area contributed by atoms with Crippen molar-refractivity contribution in [2.75, 3.05) is 0 Å². The SMILES string of the molecule is [2H]c1[c]c([2H])c([2H])c([2H])c1[2H]. The quantitative estimate of drug-likeness (QED) is 0.444. The predicted molar refractivity (Wildman–Crippen MR) is 25.3 cm³/mol. The van der Waals surface area contributed by atoms with Gasteiger partial charge in [0.2, 0.25) is 0 Å². The highest BCUT2D eigenvalue weighted by molar-refractivity contribution is 4.97. The molecular formula is C6H5. The molecule has 0 aliphatic heterocycles. The lowest BCUT2D eigenvalue weighted by Gasteiger charge is -1.68. The molecule has 0 aromatic heterocycles. The Morgan fingerprint density at radius 3 is 2.50 bits per heavy atom. The summed E-state index contributed by atoms with van der Waals surface area (Å²) in [5.74, 6) is 0. The molecule has 29 valence electrons. The van der Waals surface area contributed by atoms with Crippen LogP contribution in [0, 0.1) is 6.07 Å². The van der Waals surface area contributed by atoms with Gasteiger partial charge >= 0.3 is 0 Å². The van der Waals surface area contributed by atoms with Crippen LogP contribution in [-0.2, 0) is 0 Å². The Bertz CT molecular complexity index is 267. The van der Waals surface area contributed by atoms with Crippen LogP contribution in [0.5, 0.6) is 0 Å². The van der Waals surface area contributed by atoms with Crippen molar-refractivity contribution in [1.82, 2.24) is 0 Å². The van der Waals surface area contributed by atoms with Crippen molar-refractivity contribution in [2.45, 2.75) is 0 Å². The van der Waals surface area contributed by atoms with E-state index in [0.717, 1.165) is 0 Å². The first-order valence-electron chi connectivity index (χ1n) is 4.00. The molecule has 1 radical (unpaired) electrons. The van der Waals surface area contributed by atoms with Gasteiger partial charge in [0.1, 0.15) is 0 Å². The summed E-state index contributed by atoms with van der Waals surface area (Å²) in [7, 11) is 0. The molecule has 0 N–H and O–H groups in total. The van der Waals surface area contributed by atoms with E-state index in [9.17, 15) is 0 Å². The standard InChI is InChI=1S/C6H5/c1-2-4-6-5-3-1/h1-5H/i1D,2D,3D,4D,5D. The molecule has 0 unspecified atom stereocenters. The molecule has 0 aliphatic rings. The molecular weight excluding hydrogens is 72.1 g/mol. The van der Waals surface area contributed by atoms with Crippen LogP contribution in [-0.4, -0.2) is 0 Å². The maximum atomic E-state index is 7.09. The highest BCUT2D eigenvalue weighted by Crippen LogP contribution is 1.78. The van der Waals surface area contributed by atoms with Gasteiger partial charge in [-0.3, -0.25) is 0 Å². The highest BCUT2D eigenvalue weighted by Gasteiger charge is 1.58. The van der Waals surface area contributed by atoms with E-state index in [1.165, 1.54) is 0 Å². The van der Waals surface area contributed by atoms with Gasteiger partial charge < -0.3 is 0 Å². The summed E-state index contributed by atoms with van der Waals surface area (Å²) < 4.78 is 35.3. The topological polar surface area (TPSA) is 0 Å². The summed E-state index contributed by atoms with van der Waals surface area (Å²) in [4.78, 5) is 0. The zero-order valence-corrected chi connectivity index (χ0v) is 3.00. The van der Waals surface area contributed by atoms with Crippen LogP contribution in [0.25, 0.3) is 0 Å². The van der Waals surface area contributed by atoms with Crippen LogP contribution in [0.15, 0.2) is 30.2 Å². The molecule has 6 heavy (non-hydrogen) atoms. The van der Waals surface area contributed by atoms with Gasteiger partial charge in [-0.1, -0.05) is 30.2 Å². The normalized spacial score (nSPS) is 19.7. The third-order valence-corrected chi connectivity index (χ3v) is 0.375. The molecule has 0 amide bonds. The molecule has 0 spiro atoms. The summed E-state index contributed by atoms with van der Waals surface area (Å²) in [5, 5.41) is 0. The monoisotopic (exact) mass is 82.1 g/mol. The van der Waals surface area contributed by atoms with Gasteiger partial charge in [-0.2, -0.15) is 0 Å². The van der Waals surface area contributed by atoms with Crippen molar-refractivity contribution in [3.8, 4) is 0 Å². The number of benzene rings is 1. The second-order valence-electron chi connectivity index (χ2n) is 0.750. The van der Waals surface area contributed by atoms with Gasteiger partial charge in [0.25, 0.3) is 0 Å². The predicted octanol–water partition coefficient (Wildman–Crippen LogP) is 1.49. The van der Waals surface area contributed by atoms with Gasteiger partial charge in [-0.25, -0.2) is 0 Å². The molecule has 1 aromatic rings. The maximum absolute atomic E-state index is 7.09. The van der Waals surface area contributed by atoms with Crippen LogP contribution in [0.1, 0.15) is 6.85 Å². The summed E-state index contributed by atoms with van der Waals surface area (Å²) in [6, 6.07) is 0.536. The maximum Gasteiger partial charge on any atom is 0.0629 e. The third-order valence-electron chi connectivity index (χ3n) is 0.375. The fourth-order valence-electron chi connectivity index (χ4n) is 0.188. The lowest BCUT2D eigenvalue weighted by molar-refractivity contribution is 1.70. The van der Waals surface area contributed by atoms with Crippen molar-refractivity contribution in [2.24, 2.45) is 0 Å². The average Bonchev–Trinajstić information content (AvgIpc) is 1.97. The zero-order chi connectivity index (χ0) is 8.59. The Kier molecular flexibility index (Phi) is 0.238. The minimum atomic E-state index is -0.376. The van der Waals surface area contributed by atoms with E-state index in [2.05, 4.69) is 6.07 Å². The molecule has 0 heterocycles. The van der Waals surface area contributed by atoms with E-state index >= 15 is 0 Å². The second-order valence-corrected chi connectivity index (χ2v) is 0.750. The first kappa shape index (κ1) is 0.890. The number of hydrogen-bond acceptors (Lipinski definition) is 0. The minimum absolute atomic E-state index is 0.295. The van der Waals surface area contributed by atoms with Crippen molar-refractivity contribution >= 4 is 0 Å². The molecule has 0 atom stereocenters. The summed E-state index contributed by atoms with van der Waals surface area (Å²) in [6.45, 7) is 0. The van der Waals surface area contributed by atoms with E-state index in [0.29, 0.717) is 0 Å². The van der Waals surface area contributed by atoms with Crippen LogP contribution in [0.4, 0.5) is 0 Å². The van der Waals surface area contributed by atoms with E-state index in [4.69, 9.17) is 6.85 Å². The Balaban J connectivity index is 3.46. The zero-order valence-electron chi connectivity index (χ0n) is 8.00. The van der Waals surface area contributed by atoms with Crippen LogP contribution in [0.3, 0.4) is 0 Å². The van der Waals surface area contributed by atoms with Crippen LogP contribution < -0.4 is 0 Å². The van der Waals surface area contributed by atoms with E-state index in [1.54, 1.807) is 0 Å². The van der Waals surface area contributed by atoms with E-state index in [-0.39, 0.29) is 30.2 Å². The smallest absolute Gasteiger partial charge is 0.0622 e. The lowest BCUT2D eigenvalue weighted by atomic mass is 10.4. The molecule has 0 saturated heterocycles. The summed E-state index contributed by atoms with van der Waals surface area (Å²) in [5.41, 5.74) is 0. The molecule has 1 aromatic carbocycles. The largest absolute Gasteiger partial charge is 0.0629 e. The first-order chi connectivity index (χ1) is 5.04. The van der Waals surface area contributed by atoms with E-state index in [1.807, 2.05) is 0 Å². The lowest BCUT2D eigenvalue weighted by Crippen LogP contribution is -1.49. The van der Waals surface area contributed by atoms with Crippen molar-refractivity contribution in [3.63, 3.8) is 0 Å². The molecule has 0 fully saturated rings. The van der Waals surface area contributed by atoms with Crippen molar-refractivity contribution < 1.29 is 6.85 Å². The molecule has 1 rings (SSSR count). The molecule has 0 nitrogen and oxygen atoms in total. The van der Waals surface area contributed by atoms with Crippen LogP contribution in [0.2, 0.25) is 0 Å². The molecule has 0 saturated carbocycles. The Morgan fingerprint density at radius 2 is 1.83 bits per heavy atom.